The van der Waals surface area contributed by atoms with E-state index in [9.17, 15) is 24.9 Å². The smallest absolute Gasteiger partial charge is 0.373 e. The maximum atomic E-state index is 13.6. The summed E-state index contributed by atoms with van der Waals surface area (Å²) >= 11 is 0. The molecule has 12 atom stereocenters. The van der Waals surface area contributed by atoms with Crippen molar-refractivity contribution in [3.63, 3.8) is 0 Å². The van der Waals surface area contributed by atoms with Crippen molar-refractivity contribution in [2.75, 3.05) is 14.2 Å². The van der Waals surface area contributed by atoms with Gasteiger partial charge in [0.15, 0.2) is 5.79 Å². The Kier molecular flexibility index (Phi) is 15.4. The highest BCUT2D eigenvalue weighted by atomic mass is 16.6. The van der Waals surface area contributed by atoms with Gasteiger partial charge in [-0.3, -0.25) is 4.79 Å². The Morgan fingerprint density at radius 2 is 1.72 bits per heavy atom. The molecule has 268 valence electrons. The molecule has 1 unspecified atom stereocenters. The van der Waals surface area contributed by atoms with E-state index in [1.54, 1.807) is 26.0 Å². The van der Waals surface area contributed by atoms with Crippen LogP contribution >= 0.6 is 0 Å². The molecule has 3 N–H and O–H groups in total. The fraction of sp³-hybridized carbons (Fsp3) is 0.730. The second-order valence-corrected chi connectivity index (χ2v) is 14.1. The fourth-order valence-electron chi connectivity index (χ4n) is 6.88. The first-order valence-corrected chi connectivity index (χ1v) is 16.8. The predicted molar refractivity (Wildman–Crippen MR) is 180 cm³/mol. The summed E-state index contributed by atoms with van der Waals surface area (Å²) < 4.78 is 29.2. The molecule has 2 heterocycles. The number of ether oxygens (including phenoxy) is 5. The lowest BCUT2D eigenvalue weighted by atomic mass is 9.76. The summed E-state index contributed by atoms with van der Waals surface area (Å²) in [4.78, 5) is 25.5. The Balaban J connectivity index is 2.55. The minimum absolute atomic E-state index is 0.00351. The van der Waals surface area contributed by atoms with Gasteiger partial charge in [0.2, 0.25) is 5.76 Å². The molecule has 1 saturated heterocycles. The molecule has 10 heteroatoms. The van der Waals surface area contributed by atoms with Gasteiger partial charge in [-0.1, -0.05) is 83.9 Å². The molecule has 10 nitrogen and oxygen atoms in total. The first-order valence-electron chi connectivity index (χ1n) is 16.8. The fourth-order valence-corrected chi connectivity index (χ4v) is 6.88. The number of carbonyl (C=O) groups is 2. The molecular weight excluding hydrogens is 604 g/mol. The molecule has 0 aromatic carbocycles. The lowest BCUT2D eigenvalue weighted by molar-refractivity contribution is -0.329. The van der Waals surface area contributed by atoms with Crippen LogP contribution in [0.2, 0.25) is 0 Å². The molecule has 0 aromatic rings. The Morgan fingerprint density at radius 1 is 1.09 bits per heavy atom. The van der Waals surface area contributed by atoms with E-state index >= 15 is 0 Å². The molecule has 2 rings (SSSR count). The molecule has 0 radical (unpaired) electrons. The van der Waals surface area contributed by atoms with Crippen LogP contribution in [0.15, 0.2) is 47.3 Å². The van der Waals surface area contributed by atoms with Gasteiger partial charge in [-0.25, -0.2) is 4.79 Å². The van der Waals surface area contributed by atoms with E-state index in [0.29, 0.717) is 12.0 Å². The summed E-state index contributed by atoms with van der Waals surface area (Å²) in [6.45, 7) is 18.3. The van der Waals surface area contributed by atoms with E-state index in [1.807, 2.05) is 66.7 Å². The second-order valence-electron chi connectivity index (χ2n) is 14.1. The monoisotopic (exact) mass is 664 g/mol. The van der Waals surface area contributed by atoms with Crippen molar-refractivity contribution in [1.29, 1.82) is 0 Å². The lowest BCUT2D eigenvalue weighted by Crippen LogP contribution is -2.59. The van der Waals surface area contributed by atoms with Crippen LogP contribution in [-0.4, -0.2) is 83.9 Å². The highest BCUT2D eigenvalue weighted by molar-refractivity contribution is 5.87. The molecule has 1 fully saturated rings. The van der Waals surface area contributed by atoms with Gasteiger partial charge < -0.3 is 39.0 Å². The number of cyclic esters (lactones) is 1. The van der Waals surface area contributed by atoms with Crippen molar-refractivity contribution < 1.29 is 48.6 Å². The number of hydrogen-bond donors (Lipinski definition) is 3. The maximum absolute atomic E-state index is 13.6. The Labute approximate surface area is 281 Å². The first kappa shape index (κ1) is 40.7. The third-order valence-corrected chi connectivity index (χ3v) is 9.79. The van der Waals surface area contributed by atoms with Crippen LogP contribution in [0.1, 0.15) is 82.1 Å². The largest absolute Gasteiger partial charge is 0.490 e. The summed E-state index contributed by atoms with van der Waals surface area (Å²) in [6, 6.07) is 0. The summed E-state index contributed by atoms with van der Waals surface area (Å²) in [6.07, 6.45) is 4.90. The summed E-state index contributed by atoms with van der Waals surface area (Å²) in [7, 11) is 2.86. The molecule has 47 heavy (non-hydrogen) atoms. The molecule has 0 bridgehead atoms. The van der Waals surface area contributed by atoms with Crippen molar-refractivity contribution in [1.82, 2.24) is 0 Å². The maximum Gasteiger partial charge on any atom is 0.373 e. The average Bonchev–Trinajstić information content (AvgIpc) is 3.00. The zero-order valence-corrected chi connectivity index (χ0v) is 30.4. The van der Waals surface area contributed by atoms with Crippen LogP contribution < -0.4 is 0 Å². The Hall–Kier alpha value is -2.50. The second kappa shape index (κ2) is 17.8. The van der Waals surface area contributed by atoms with Crippen LogP contribution in [0.5, 0.6) is 0 Å². The van der Waals surface area contributed by atoms with Crippen LogP contribution in [0, 0.1) is 35.5 Å². The molecule has 0 saturated carbocycles. The van der Waals surface area contributed by atoms with Crippen LogP contribution in [0.25, 0.3) is 0 Å². The van der Waals surface area contributed by atoms with Crippen LogP contribution in [0.3, 0.4) is 0 Å². The highest BCUT2D eigenvalue weighted by Crippen LogP contribution is 2.42. The summed E-state index contributed by atoms with van der Waals surface area (Å²) in [5.41, 5.74) is 1.76. The topological polar surface area (TPSA) is 141 Å². The number of methoxy groups -OCH3 is 2. The quantitative estimate of drug-likeness (QED) is 0.294. The summed E-state index contributed by atoms with van der Waals surface area (Å²) in [5.74, 6) is -5.15. The van der Waals surface area contributed by atoms with Gasteiger partial charge >= 0.3 is 11.9 Å². The van der Waals surface area contributed by atoms with Crippen molar-refractivity contribution in [3.8, 4) is 0 Å². The molecule has 0 spiro atoms. The van der Waals surface area contributed by atoms with Gasteiger partial charge in [-0.2, -0.15) is 0 Å². The minimum Gasteiger partial charge on any atom is -0.490 e. The van der Waals surface area contributed by atoms with E-state index in [1.165, 1.54) is 21.1 Å². The third-order valence-electron chi connectivity index (χ3n) is 9.79. The molecule has 0 amide bonds. The Bertz CT molecular complexity index is 1170. The molecule has 0 aliphatic carbocycles. The predicted octanol–water partition coefficient (Wildman–Crippen LogP) is 5.26. The highest BCUT2D eigenvalue weighted by Gasteiger charge is 2.53. The normalized spacial score (nSPS) is 39.1. The minimum atomic E-state index is -1.84. The van der Waals surface area contributed by atoms with Gasteiger partial charge in [0, 0.05) is 44.1 Å². The molecular formula is C37H60O10. The van der Waals surface area contributed by atoms with Gasteiger partial charge in [0.05, 0.1) is 25.4 Å². The molecule has 2 aliphatic heterocycles. The number of rotatable bonds is 8. The first-order chi connectivity index (χ1) is 21.9. The van der Waals surface area contributed by atoms with Gasteiger partial charge in [-0.15, -0.1) is 0 Å². The molecule has 2 aliphatic rings. The number of carbonyl (C=O) groups excluding carboxylic acids is 2. The van der Waals surface area contributed by atoms with Gasteiger partial charge in [0.25, 0.3) is 0 Å². The van der Waals surface area contributed by atoms with Crippen molar-refractivity contribution in [3.05, 3.63) is 47.3 Å². The van der Waals surface area contributed by atoms with E-state index in [0.717, 1.165) is 5.57 Å². The zero-order valence-electron chi connectivity index (χ0n) is 30.4. The van der Waals surface area contributed by atoms with Crippen LogP contribution in [0.4, 0.5) is 0 Å². The zero-order chi connectivity index (χ0) is 35.8. The van der Waals surface area contributed by atoms with E-state index < -0.39 is 66.2 Å². The van der Waals surface area contributed by atoms with E-state index in [-0.39, 0.29) is 35.9 Å². The van der Waals surface area contributed by atoms with Crippen molar-refractivity contribution in [2.24, 2.45) is 35.5 Å². The third kappa shape index (κ3) is 10.7. The standard InChI is InChI=1S/C37H60O10/c1-20(2)34-25(7)31(45-28(10)38)19-37(42,47-34)27(9)33(40)26(8)35-29(43-11)15-13-14-21(3)16-23(5)32(39)24(6)17-22(4)18-30(44-12)36(41)46-35/h13-15,17-18,20,23-27,29,31-35,39-40,42H,16,19H2,1-12H3/b15-13+,21-14+,22-17+,30-18-/t23-,24+,25-,26-,27-,29-,31+,32-,33+,34?,35+,37+/m0/s1. The van der Waals surface area contributed by atoms with Crippen LogP contribution in [-0.2, 0) is 33.3 Å². The number of allylic oxidation sites excluding steroid dienone is 5. The number of aliphatic hydroxyl groups is 3. The van der Waals surface area contributed by atoms with Gasteiger partial charge in [0.1, 0.15) is 18.3 Å². The number of hydrogen-bond acceptors (Lipinski definition) is 10. The van der Waals surface area contributed by atoms with Crippen molar-refractivity contribution in [2.45, 2.75) is 124 Å². The average molecular weight is 665 g/mol. The van der Waals surface area contributed by atoms with Gasteiger partial charge in [-0.05, 0) is 38.2 Å². The lowest BCUT2D eigenvalue weighted by Gasteiger charge is -2.50. The van der Waals surface area contributed by atoms with Crippen molar-refractivity contribution >= 4 is 11.9 Å². The summed E-state index contributed by atoms with van der Waals surface area (Å²) in [5, 5.41) is 34.7. The number of esters is 2. The van der Waals surface area contributed by atoms with E-state index in [2.05, 4.69) is 0 Å². The number of aliphatic hydroxyl groups excluding tert-OH is 2. The molecule has 0 aromatic heterocycles. The SMILES string of the molecule is CO/C1=C\C(C)=C\[C@@H](C)[C@@H](O)[C@@H](C)C/C(C)=C/C=C/[C@H](OC)[C@@H]([C@@H](C)[C@@H](O)[C@H](C)[C@@]2(O)C[C@@H](OC(C)=O)[C@H](C)C(C(C)C)O2)OC1=O. The van der Waals surface area contributed by atoms with E-state index in [4.69, 9.17) is 23.7 Å². The Morgan fingerprint density at radius 3 is 2.28 bits per heavy atom.